The van der Waals surface area contributed by atoms with Crippen LogP contribution < -0.4 is 59.1 Å². The second-order valence-electron chi connectivity index (χ2n) is 14.2. The molecule has 0 bridgehead atoms. The van der Waals surface area contributed by atoms with Gasteiger partial charge in [-0.3, -0.25) is 0 Å². The normalized spacial score (nSPS) is 26.1. The van der Waals surface area contributed by atoms with Gasteiger partial charge in [0.2, 0.25) is 0 Å². The van der Waals surface area contributed by atoms with E-state index in [4.69, 9.17) is 33.2 Å². The summed E-state index contributed by atoms with van der Waals surface area (Å²) in [5.74, 6) is -1.78. The van der Waals surface area contributed by atoms with Crippen molar-refractivity contribution in [2.24, 2.45) is 0 Å². The number of aliphatic hydroxyl groups is 3. The van der Waals surface area contributed by atoms with Gasteiger partial charge in [0.1, 0.15) is 48.8 Å². The van der Waals surface area contributed by atoms with Gasteiger partial charge in [0.05, 0.1) is 51.6 Å². The molecule has 3 aromatic rings. The summed E-state index contributed by atoms with van der Waals surface area (Å²) in [5, 5.41) is 28.8. The Morgan fingerprint density at radius 3 is 1.31 bits per heavy atom. The Labute approximate surface area is 426 Å². The minimum Gasteiger partial charge on any atom is -0.748 e. The molecular formula is C41H57INa2O16S2. The zero-order valence-corrected chi connectivity index (χ0v) is 43.5. The van der Waals surface area contributed by atoms with Gasteiger partial charge in [-0.2, -0.15) is 0 Å². The molecule has 2 saturated heterocycles. The van der Waals surface area contributed by atoms with Gasteiger partial charge in [0.15, 0.2) is 12.6 Å². The summed E-state index contributed by atoms with van der Waals surface area (Å²) in [6.45, 7) is 5.24. The van der Waals surface area contributed by atoms with E-state index in [9.17, 15) is 41.3 Å². The predicted molar refractivity (Wildman–Crippen MR) is 227 cm³/mol. The minimum absolute atomic E-state index is 0. The molecule has 10 atom stereocenters. The first-order valence-electron chi connectivity index (χ1n) is 19.6. The summed E-state index contributed by atoms with van der Waals surface area (Å²) in [5.41, 5.74) is 2.76. The number of halogens is 1. The molecule has 62 heavy (non-hydrogen) atoms. The van der Waals surface area contributed by atoms with E-state index in [1.54, 1.807) is 0 Å². The number of benzene rings is 3. The van der Waals surface area contributed by atoms with Gasteiger partial charge >= 0.3 is 59.1 Å². The average molecular weight is 1040 g/mol. The Kier molecular flexibility index (Phi) is 29.9. The molecule has 3 aromatic carbocycles. The largest absolute Gasteiger partial charge is 1.00 e. The molecule has 0 spiro atoms. The smallest absolute Gasteiger partial charge is 0.748 e. The molecule has 16 nitrogen and oxygen atoms in total. The van der Waals surface area contributed by atoms with Crippen LogP contribution in [-0.4, -0.2) is 127 Å². The molecule has 0 aliphatic carbocycles. The summed E-state index contributed by atoms with van der Waals surface area (Å²) >= 11 is 0. The van der Waals surface area contributed by atoms with E-state index < -0.39 is 93.2 Å². The van der Waals surface area contributed by atoms with Crippen molar-refractivity contribution < 1.29 is 134 Å². The van der Waals surface area contributed by atoms with Crippen molar-refractivity contribution in [3.63, 3.8) is 0 Å². The van der Waals surface area contributed by atoms with Crippen LogP contribution in [0.4, 0.5) is 0 Å². The van der Waals surface area contributed by atoms with E-state index in [2.05, 4.69) is 0 Å². The van der Waals surface area contributed by atoms with Gasteiger partial charge in [-0.25, -0.2) is 16.8 Å². The van der Waals surface area contributed by atoms with Crippen LogP contribution in [0.3, 0.4) is 0 Å². The van der Waals surface area contributed by atoms with Crippen LogP contribution in [0.25, 0.3) is 0 Å². The van der Waals surface area contributed by atoms with Crippen LogP contribution in [0, 0.1) is 0 Å². The standard InChI is InChI=1S/C31H38O8S.C10H20O8S.HI.2Na/c1-2-3-19-35-31-30(38-22-26-17-11-6-12-18-26)29(37-21-25-15-9-5-10-16-25)28(27(39-31)23-40(32,33)34)36-20-24-13-7-4-8-14-24;1-2-3-4-17-10-9(13)8(12)7(11)6(18-10)5-19(14,15)16;;;/h4-18,27-31H,2-3,19-23H2,1H3,(H,32,33,34);6-13H,2-5H2,1H3,(H,14,15,16);1H;;/q;;;2*+1/p-2/t27-,28-,29+,30-,31+;6-,7-,8+,9-,10+;;;/m11.../s1. The van der Waals surface area contributed by atoms with Gasteiger partial charge in [-0.05, 0) is 29.5 Å². The van der Waals surface area contributed by atoms with Gasteiger partial charge < -0.3 is 57.6 Å². The number of rotatable bonds is 21. The minimum atomic E-state index is -4.66. The van der Waals surface area contributed by atoms with Gasteiger partial charge in [0.25, 0.3) is 0 Å². The third-order valence-electron chi connectivity index (χ3n) is 9.41. The Morgan fingerprint density at radius 2 is 0.887 bits per heavy atom. The van der Waals surface area contributed by atoms with Crippen LogP contribution in [0.5, 0.6) is 0 Å². The summed E-state index contributed by atoms with van der Waals surface area (Å²) < 4.78 is 109. The molecule has 2 fully saturated rings. The van der Waals surface area contributed by atoms with E-state index in [0.29, 0.717) is 13.0 Å². The van der Waals surface area contributed by atoms with E-state index in [1.807, 2.05) is 105 Å². The second kappa shape index (κ2) is 31.0. The number of hydrogen-bond acceptors (Lipinski definition) is 16. The molecule has 2 aliphatic rings. The van der Waals surface area contributed by atoms with E-state index in [-0.39, 0.29) is 110 Å². The summed E-state index contributed by atoms with van der Waals surface area (Å²) in [6.07, 6.45) is -8.82. The monoisotopic (exact) mass is 1040 g/mol. The van der Waals surface area contributed by atoms with Crippen molar-refractivity contribution in [1.29, 1.82) is 0 Å². The Bertz CT molecular complexity index is 1840. The first-order valence-corrected chi connectivity index (χ1v) is 22.8. The first kappa shape index (κ1) is 59.8. The fourth-order valence-corrected chi connectivity index (χ4v) is 7.64. The molecule has 0 saturated carbocycles. The van der Waals surface area contributed by atoms with Crippen molar-refractivity contribution >= 4 is 44.2 Å². The molecule has 0 radical (unpaired) electrons. The number of unbranched alkanes of at least 4 members (excludes halogenated alkanes) is 2. The van der Waals surface area contributed by atoms with Crippen molar-refractivity contribution in [3.8, 4) is 0 Å². The number of aliphatic hydroxyl groups excluding tert-OH is 3. The number of hydrogen-bond donors (Lipinski definition) is 3. The molecule has 338 valence electrons. The quantitative estimate of drug-likeness (QED) is 0.0437. The SMILES string of the molecule is CCCCO[C@H]1O[C@H](CS(=O)(=O)[O-])[C@@H](O)[C@H](O)[C@H]1O.CCCCO[C@H]1O[C@H](CS(=O)(=O)[O-])[C@@H](OCc2ccccc2)[C@H](OCc2ccccc2)[C@H]1OCc1ccccc1.I.[Na+].[Na+]. The predicted octanol–water partition coefficient (Wildman–Crippen LogP) is -2.39. The van der Waals surface area contributed by atoms with Gasteiger partial charge in [0, 0.05) is 13.2 Å². The third-order valence-corrected chi connectivity index (χ3v) is 10.9. The molecule has 0 aromatic heterocycles. The zero-order chi connectivity index (χ0) is 42.8. The Morgan fingerprint density at radius 1 is 0.516 bits per heavy atom. The topological polar surface area (TPSA) is 240 Å². The molecule has 3 N–H and O–H groups in total. The van der Waals surface area contributed by atoms with E-state index in [1.165, 1.54) is 0 Å². The summed E-state index contributed by atoms with van der Waals surface area (Å²) in [6, 6.07) is 28.8. The number of ether oxygens (including phenoxy) is 7. The van der Waals surface area contributed by atoms with Crippen molar-refractivity contribution in [1.82, 2.24) is 0 Å². The van der Waals surface area contributed by atoms with Crippen LogP contribution in [-0.2, 0) is 73.2 Å². The maximum Gasteiger partial charge on any atom is 1.00 e. The van der Waals surface area contributed by atoms with Crippen molar-refractivity contribution in [2.45, 2.75) is 121 Å². The fraction of sp³-hybridized carbons (Fsp3) is 0.561. The second-order valence-corrected chi connectivity index (χ2v) is 17.1. The molecule has 2 aliphatic heterocycles. The molecular weight excluding hydrogens is 985 g/mol. The summed E-state index contributed by atoms with van der Waals surface area (Å²) in [7, 11) is -9.29. The average Bonchev–Trinajstić information content (AvgIpc) is 3.20. The molecule has 21 heteroatoms. The molecule has 0 unspecified atom stereocenters. The van der Waals surface area contributed by atoms with Gasteiger partial charge in [-0.15, -0.1) is 24.0 Å². The fourth-order valence-electron chi connectivity index (χ4n) is 6.30. The molecule has 0 amide bonds. The van der Waals surface area contributed by atoms with E-state index in [0.717, 1.165) is 36.0 Å². The molecule has 5 rings (SSSR count). The molecule has 2 heterocycles. The van der Waals surface area contributed by atoms with Crippen molar-refractivity contribution in [2.75, 3.05) is 24.7 Å². The van der Waals surface area contributed by atoms with Crippen LogP contribution in [0.1, 0.15) is 56.2 Å². The maximum absolute atomic E-state index is 12.0. The van der Waals surface area contributed by atoms with E-state index >= 15 is 0 Å². The summed E-state index contributed by atoms with van der Waals surface area (Å²) in [4.78, 5) is 0. The first-order chi connectivity index (χ1) is 28.2. The van der Waals surface area contributed by atoms with Crippen molar-refractivity contribution in [3.05, 3.63) is 108 Å². The van der Waals surface area contributed by atoms with Gasteiger partial charge in [-0.1, -0.05) is 118 Å². The van der Waals surface area contributed by atoms with Crippen LogP contribution in [0.15, 0.2) is 91.0 Å². The maximum atomic E-state index is 12.0. The Balaban J connectivity index is 0.000000743. The Hall–Kier alpha value is -0.190. The van der Waals surface area contributed by atoms with Crippen LogP contribution >= 0.6 is 24.0 Å². The van der Waals surface area contributed by atoms with Crippen LogP contribution in [0.2, 0.25) is 0 Å². The zero-order valence-electron chi connectivity index (χ0n) is 35.6. The third kappa shape index (κ3) is 21.2.